The Morgan fingerprint density at radius 3 is 2.62 bits per heavy atom. The zero-order valence-electron chi connectivity index (χ0n) is 8.47. The van der Waals surface area contributed by atoms with Crippen LogP contribution in [0.25, 0.3) is 5.69 Å². The van der Waals surface area contributed by atoms with E-state index in [9.17, 15) is 4.79 Å². The molecule has 5 nitrogen and oxygen atoms in total. The van der Waals surface area contributed by atoms with Crippen LogP contribution < -0.4 is 0 Å². The van der Waals surface area contributed by atoms with Crippen LogP contribution in [0, 0.1) is 11.7 Å². The Bertz CT molecular complexity index is 583. The van der Waals surface area contributed by atoms with Gasteiger partial charge < -0.3 is 5.11 Å². The molecule has 2 N–H and O–H groups in total. The van der Waals surface area contributed by atoms with Crippen molar-refractivity contribution in [1.82, 2.24) is 14.8 Å². The molecular formula is C10H9N3O2S. The molecule has 0 atom stereocenters. The number of nitrogens with zero attached hydrogens (tertiary/aromatic N) is 2. The first-order valence-corrected chi connectivity index (χ1v) is 4.98. The zero-order chi connectivity index (χ0) is 11.7. The van der Waals surface area contributed by atoms with Crippen LogP contribution in [-0.4, -0.2) is 25.8 Å². The van der Waals surface area contributed by atoms with Crippen LogP contribution in [0.3, 0.4) is 0 Å². The molecule has 2 aromatic rings. The molecular weight excluding hydrogens is 226 g/mol. The molecule has 1 aromatic heterocycles. The molecule has 0 aliphatic heterocycles. The van der Waals surface area contributed by atoms with Crippen molar-refractivity contribution in [2.45, 2.75) is 6.92 Å². The fourth-order valence-electron chi connectivity index (χ4n) is 1.37. The molecule has 0 aliphatic rings. The van der Waals surface area contributed by atoms with Crippen LogP contribution in [0.4, 0.5) is 0 Å². The number of aromatic carboxylic acids is 1. The lowest BCUT2D eigenvalue weighted by molar-refractivity contribution is 0.0681. The summed E-state index contributed by atoms with van der Waals surface area (Å²) in [4.78, 5) is 10.9. The predicted molar refractivity (Wildman–Crippen MR) is 60.4 cm³/mol. The fraction of sp³-hybridized carbons (Fsp3) is 0.100. The summed E-state index contributed by atoms with van der Waals surface area (Å²) in [6.07, 6.45) is 0. The first kappa shape index (κ1) is 10.6. The average Bonchev–Trinajstić information content (AvgIpc) is 2.62. The van der Waals surface area contributed by atoms with Crippen LogP contribution in [-0.2, 0) is 0 Å². The van der Waals surface area contributed by atoms with Crippen molar-refractivity contribution in [1.29, 1.82) is 0 Å². The summed E-state index contributed by atoms with van der Waals surface area (Å²) in [7, 11) is 0. The highest BCUT2D eigenvalue weighted by atomic mass is 32.1. The lowest BCUT2D eigenvalue weighted by Crippen LogP contribution is -2.08. The molecule has 6 heteroatoms. The highest BCUT2D eigenvalue weighted by molar-refractivity contribution is 7.71. The van der Waals surface area contributed by atoms with Gasteiger partial charge in [-0.2, -0.15) is 0 Å². The van der Waals surface area contributed by atoms with Crippen LogP contribution in [0.5, 0.6) is 0 Å². The summed E-state index contributed by atoms with van der Waals surface area (Å²) in [6.45, 7) is 1.95. The highest BCUT2D eigenvalue weighted by Crippen LogP contribution is 2.12. The summed E-state index contributed by atoms with van der Waals surface area (Å²) in [5, 5.41) is 15.1. The number of benzene rings is 1. The van der Waals surface area contributed by atoms with E-state index in [4.69, 9.17) is 17.3 Å². The van der Waals surface area contributed by atoms with Gasteiger partial charge in [0, 0.05) is 0 Å². The van der Waals surface area contributed by atoms with E-state index < -0.39 is 5.97 Å². The second kappa shape index (κ2) is 3.90. The third-order valence-corrected chi connectivity index (χ3v) is 2.43. The molecule has 0 bridgehead atoms. The van der Waals surface area contributed by atoms with Gasteiger partial charge in [0.05, 0.1) is 5.69 Å². The number of aromatic nitrogens is 3. The molecule has 0 saturated carbocycles. The number of hydrogen-bond acceptors (Lipinski definition) is 3. The molecule has 1 aromatic carbocycles. The van der Waals surface area contributed by atoms with Crippen molar-refractivity contribution < 1.29 is 9.90 Å². The standard InChI is InChI=1S/C10H9N3O2S/c1-6-2-4-7(5-3-6)13-8(9(14)15)11-12-10(13)16/h2-5H,1H3,(H,12,16)(H,14,15). The van der Waals surface area contributed by atoms with Crippen molar-refractivity contribution in [3.05, 3.63) is 40.4 Å². The lowest BCUT2D eigenvalue weighted by atomic mass is 10.2. The number of aryl methyl sites for hydroxylation is 1. The molecule has 0 amide bonds. The summed E-state index contributed by atoms with van der Waals surface area (Å²) >= 11 is 4.99. The molecule has 0 radical (unpaired) electrons. The fourth-order valence-corrected chi connectivity index (χ4v) is 1.61. The van der Waals surface area contributed by atoms with E-state index in [-0.39, 0.29) is 10.6 Å². The SMILES string of the molecule is Cc1ccc(-n2c(C(=O)O)n[nH]c2=S)cc1. The normalized spacial score (nSPS) is 10.3. The number of nitrogens with one attached hydrogen (secondary N) is 1. The van der Waals surface area contributed by atoms with Crippen molar-refractivity contribution >= 4 is 18.2 Å². The van der Waals surface area contributed by atoms with Gasteiger partial charge >= 0.3 is 5.97 Å². The minimum Gasteiger partial charge on any atom is -0.475 e. The second-order valence-corrected chi connectivity index (χ2v) is 3.72. The molecule has 0 spiro atoms. The maximum Gasteiger partial charge on any atom is 0.374 e. The van der Waals surface area contributed by atoms with Gasteiger partial charge in [-0.25, -0.2) is 4.79 Å². The van der Waals surface area contributed by atoms with Gasteiger partial charge in [0.15, 0.2) is 4.77 Å². The van der Waals surface area contributed by atoms with Crippen molar-refractivity contribution in [2.24, 2.45) is 0 Å². The Morgan fingerprint density at radius 1 is 1.44 bits per heavy atom. The van der Waals surface area contributed by atoms with E-state index in [0.29, 0.717) is 5.69 Å². The largest absolute Gasteiger partial charge is 0.475 e. The maximum absolute atomic E-state index is 10.9. The second-order valence-electron chi connectivity index (χ2n) is 3.33. The molecule has 0 unspecified atom stereocenters. The van der Waals surface area contributed by atoms with Gasteiger partial charge in [0.1, 0.15) is 0 Å². The lowest BCUT2D eigenvalue weighted by Gasteiger charge is -2.03. The summed E-state index contributed by atoms with van der Waals surface area (Å²) < 4.78 is 1.65. The Kier molecular flexibility index (Phi) is 2.57. The molecule has 0 saturated heterocycles. The van der Waals surface area contributed by atoms with Crippen LogP contribution >= 0.6 is 12.2 Å². The summed E-state index contributed by atoms with van der Waals surface area (Å²) in [5.41, 5.74) is 1.78. The number of rotatable bonds is 2. The maximum atomic E-state index is 10.9. The van der Waals surface area contributed by atoms with Gasteiger partial charge in [0.2, 0.25) is 5.82 Å². The van der Waals surface area contributed by atoms with E-state index in [1.807, 2.05) is 19.1 Å². The van der Waals surface area contributed by atoms with Crippen molar-refractivity contribution in [3.63, 3.8) is 0 Å². The quantitative estimate of drug-likeness (QED) is 0.780. The first-order chi connectivity index (χ1) is 7.59. The number of carbonyl (C=O) groups is 1. The van der Waals surface area contributed by atoms with E-state index in [1.165, 1.54) is 4.57 Å². The molecule has 0 fully saturated rings. The van der Waals surface area contributed by atoms with Gasteiger partial charge in [-0.15, -0.1) is 5.10 Å². The van der Waals surface area contributed by atoms with Crippen molar-refractivity contribution in [2.75, 3.05) is 0 Å². The van der Waals surface area contributed by atoms with Gasteiger partial charge in [-0.1, -0.05) is 17.7 Å². The summed E-state index contributed by atoms with van der Waals surface area (Å²) in [5.74, 6) is -1.23. The molecule has 82 valence electrons. The Balaban J connectivity index is 2.63. The number of hydrogen-bond donors (Lipinski definition) is 2. The Labute approximate surface area is 96.4 Å². The smallest absolute Gasteiger partial charge is 0.374 e. The number of aromatic amines is 1. The minimum absolute atomic E-state index is 0.117. The average molecular weight is 235 g/mol. The number of carboxylic acids is 1. The van der Waals surface area contributed by atoms with Crippen molar-refractivity contribution in [3.8, 4) is 5.69 Å². The number of H-pyrrole nitrogens is 1. The first-order valence-electron chi connectivity index (χ1n) is 4.57. The van der Waals surface area contributed by atoms with Gasteiger partial charge in [-0.3, -0.25) is 9.67 Å². The third-order valence-electron chi connectivity index (χ3n) is 2.16. The van der Waals surface area contributed by atoms with Gasteiger partial charge in [-0.05, 0) is 31.3 Å². The van der Waals surface area contributed by atoms with E-state index in [1.54, 1.807) is 12.1 Å². The van der Waals surface area contributed by atoms with E-state index in [0.717, 1.165) is 5.56 Å². The topological polar surface area (TPSA) is 70.9 Å². The zero-order valence-corrected chi connectivity index (χ0v) is 9.28. The monoisotopic (exact) mass is 235 g/mol. The minimum atomic E-state index is -1.12. The van der Waals surface area contributed by atoms with Crippen LogP contribution in [0.1, 0.15) is 16.2 Å². The molecule has 2 rings (SSSR count). The van der Waals surface area contributed by atoms with E-state index >= 15 is 0 Å². The molecule has 0 aliphatic carbocycles. The Morgan fingerprint density at radius 2 is 2.06 bits per heavy atom. The molecule has 1 heterocycles. The predicted octanol–water partition coefficient (Wildman–Crippen LogP) is 1.94. The van der Waals surface area contributed by atoms with Gasteiger partial charge in [0.25, 0.3) is 0 Å². The molecule has 16 heavy (non-hydrogen) atoms. The Hall–Kier alpha value is -1.95. The number of carboxylic acid groups (broad SMARTS) is 1. The highest BCUT2D eigenvalue weighted by Gasteiger charge is 2.14. The van der Waals surface area contributed by atoms with Crippen LogP contribution in [0.2, 0.25) is 0 Å². The summed E-state index contributed by atoms with van der Waals surface area (Å²) in [6, 6.07) is 7.37. The van der Waals surface area contributed by atoms with E-state index in [2.05, 4.69) is 10.2 Å². The van der Waals surface area contributed by atoms with Crippen LogP contribution in [0.15, 0.2) is 24.3 Å². The third kappa shape index (κ3) is 1.74.